The summed E-state index contributed by atoms with van der Waals surface area (Å²) in [4.78, 5) is 17.9. The fourth-order valence-electron chi connectivity index (χ4n) is 2.75. The summed E-state index contributed by atoms with van der Waals surface area (Å²) in [5.41, 5.74) is 2.50. The Bertz CT molecular complexity index is 575. The second-order valence-corrected chi connectivity index (χ2v) is 5.03. The standard InChI is InChI=1S/C14H17N3O/c1-16-6-3-5-13(16)8-12-9-17-7-2-4-11(10-18)14(17)15-12/h2,4,7,9-10,13H,3,5-6,8H2,1H3. The third-order valence-corrected chi connectivity index (χ3v) is 3.81. The lowest BCUT2D eigenvalue weighted by Crippen LogP contribution is -2.26. The topological polar surface area (TPSA) is 37.6 Å². The minimum Gasteiger partial charge on any atom is -0.306 e. The number of imidazole rings is 1. The minimum atomic E-state index is 0.592. The van der Waals surface area contributed by atoms with Crippen LogP contribution in [0.2, 0.25) is 0 Å². The van der Waals surface area contributed by atoms with Gasteiger partial charge in [0.05, 0.1) is 11.3 Å². The van der Waals surface area contributed by atoms with Gasteiger partial charge in [0.2, 0.25) is 0 Å². The van der Waals surface area contributed by atoms with Crippen molar-refractivity contribution in [1.82, 2.24) is 14.3 Å². The van der Waals surface area contributed by atoms with Crippen LogP contribution in [0.3, 0.4) is 0 Å². The van der Waals surface area contributed by atoms with E-state index in [-0.39, 0.29) is 0 Å². The van der Waals surface area contributed by atoms with Gasteiger partial charge in [0, 0.05) is 24.9 Å². The molecule has 0 bridgehead atoms. The molecule has 3 rings (SSSR count). The van der Waals surface area contributed by atoms with Gasteiger partial charge >= 0.3 is 0 Å². The van der Waals surface area contributed by atoms with Gasteiger partial charge in [0.15, 0.2) is 6.29 Å². The van der Waals surface area contributed by atoms with Gasteiger partial charge in [0.1, 0.15) is 5.65 Å². The Morgan fingerprint density at radius 3 is 3.17 bits per heavy atom. The maximum absolute atomic E-state index is 11.0. The van der Waals surface area contributed by atoms with Crippen molar-refractivity contribution in [2.75, 3.05) is 13.6 Å². The Hall–Kier alpha value is -1.68. The van der Waals surface area contributed by atoms with Crippen LogP contribution in [-0.4, -0.2) is 40.2 Å². The fourth-order valence-corrected chi connectivity index (χ4v) is 2.75. The highest BCUT2D eigenvalue weighted by atomic mass is 16.1. The van der Waals surface area contributed by atoms with Crippen LogP contribution in [0.4, 0.5) is 0 Å². The summed E-state index contributed by atoms with van der Waals surface area (Å²) in [6.45, 7) is 1.18. The highest BCUT2D eigenvalue weighted by Crippen LogP contribution is 2.19. The van der Waals surface area contributed by atoms with Gasteiger partial charge in [-0.25, -0.2) is 4.98 Å². The molecule has 1 unspecified atom stereocenters. The Balaban J connectivity index is 1.91. The molecular formula is C14H17N3O. The molecule has 0 radical (unpaired) electrons. The van der Waals surface area contributed by atoms with Crippen LogP contribution in [0, 0.1) is 0 Å². The van der Waals surface area contributed by atoms with Crippen molar-refractivity contribution in [1.29, 1.82) is 0 Å². The summed E-state index contributed by atoms with van der Waals surface area (Å²) in [5, 5.41) is 0. The van der Waals surface area contributed by atoms with Crippen LogP contribution in [0.25, 0.3) is 5.65 Å². The molecule has 1 fully saturated rings. The van der Waals surface area contributed by atoms with E-state index in [0.717, 1.165) is 24.0 Å². The van der Waals surface area contributed by atoms with E-state index in [1.165, 1.54) is 19.4 Å². The zero-order valence-corrected chi connectivity index (χ0v) is 10.5. The van der Waals surface area contributed by atoms with Crippen molar-refractivity contribution in [2.45, 2.75) is 25.3 Å². The number of aldehydes is 1. The number of aromatic nitrogens is 2. The molecule has 1 aliphatic rings. The van der Waals surface area contributed by atoms with E-state index in [1.807, 2.05) is 22.9 Å². The Morgan fingerprint density at radius 2 is 2.44 bits per heavy atom. The molecule has 3 heterocycles. The molecule has 0 saturated carbocycles. The molecule has 0 aromatic carbocycles. The number of nitrogens with zero attached hydrogens (tertiary/aromatic N) is 3. The molecular weight excluding hydrogens is 226 g/mol. The Morgan fingerprint density at radius 1 is 1.56 bits per heavy atom. The summed E-state index contributed by atoms with van der Waals surface area (Å²) >= 11 is 0. The summed E-state index contributed by atoms with van der Waals surface area (Å²) in [6.07, 6.45) is 8.33. The molecule has 94 valence electrons. The molecule has 1 aliphatic heterocycles. The van der Waals surface area contributed by atoms with E-state index in [4.69, 9.17) is 0 Å². The van der Waals surface area contributed by atoms with Gasteiger partial charge in [-0.3, -0.25) is 4.79 Å². The van der Waals surface area contributed by atoms with Gasteiger partial charge in [-0.2, -0.15) is 0 Å². The molecule has 0 spiro atoms. The van der Waals surface area contributed by atoms with E-state index < -0.39 is 0 Å². The van der Waals surface area contributed by atoms with Crippen molar-refractivity contribution < 1.29 is 4.79 Å². The van der Waals surface area contributed by atoms with Crippen LogP contribution < -0.4 is 0 Å². The molecule has 1 atom stereocenters. The number of pyridine rings is 1. The molecule has 18 heavy (non-hydrogen) atoms. The van der Waals surface area contributed by atoms with E-state index in [9.17, 15) is 4.79 Å². The molecule has 4 heteroatoms. The quantitative estimate of drug-likeness (QED) is 0.771. The molecule has 4 nitrogen and oxygen atoms in total. The second-order valence-electron chi connectivity index (χ2n) is 5.03. The molecule has 0 aliphatic carbocycles. The Labute approximate surface area is 106 Å². The second kappa shape index (κ2) is 4.53. The summed E-state index contributed by atoms with van der Waals surface area (Å²) in [6, 6.07) is 4.28. The average molecular weight is 243 g/mol. The summed E-state index contributed by atoms with van der Waals surface area (Å²) < 4.78 is 1.94. The number of carbonyl (C=O) groups is 1. The maximum Gasteiger partial charge on any atom is 0.153 e. The van der Waals surface area contributed by atoms with Crippen LogP contribution in [0.5, 0.6) is 0 Å². The predicted molar refractivity (Wildman–Crippen MR) is 69.9 cm³/mol. The first-order chi connectivity index (χ1) is 8.78. The predicted octanol–water partition coefficient (Wildman–Crippen LogP) is 1.78. The molecule has 0 amide bonds. The zero-order valence-electron chi connectivity index (χ0n) is 10.5. The number of likely N-dealkylation sites (N-methyl/N-ethyl adjacent to an activating group) is 1. The smallest absolute Gasteiger partial charge is 0.153 e. The molecule has 0 N–H and O–H groups in total. The number of hydrogen-bond donors (Lipinski definition) is 0. The molecule has 1 saturated heterocycles. The molecule has 2 aromatic heterocycles. The average Bonchev–Trinajstić information content (AvgIpc) is 2.95. The first-order valence-corrected chi connectivity index (χ1v) is 6.40. The lowest BCUT2D eigenvalue weighted by atomic mass is 10.1. The Kier molecular flexibility index (Phi) is 2.88. The first kappa shape index (κ1) is 11.4. The van der Waals surface area contributed by atoms with Crippen molar-refractivity contribution in [3.8, 4) is 0 Å². The van der Waals surface area contributed by atoms with Crippen LogP contribution >= 0.6 is 0 Å². The SMILES string of the molecule is CN1CCCC1Cc1cn2cccc(C=O)c2n1. The van der Waals surface area contributed by atoms with Crippen molar-refractivity contribution in [3.63, 3.8) is 0 Å². The van der Waals surface area contributed by atoms with Crippen molar-refractivity contribution in [3.05, 3.63) is 35.8 Å². The van der Waals surface area contributed by atoms with E-state index in [0.29, 0.717) is 11.6 Å². The normalized spacial score (nSPS) is 20.6. The largest absolute Gasteiger partial charge is 0.306 e. The highest BCUT2D eigenvalue weighted by molar-refractivity contribution is 5.84. The molecule has 2 aromatic rings. The number of carbonyl (C=O) groups excluding carboxylic acids is 1. The summed E-state index contributed by atoms with van der Waals surface area (Å²) in [5.74, 6) is 0. The van der Waals surface area contributed by atoms with E-state index in [2.05, 4.69) is 16.9 Å². The minimum absolute atomic E-state index is 0.592. The maximum atomic E-state index is 11.0. The lowest BCUT2D eigenvalue weighted by molar-refractivity contribution is 0.112. The zero-order chi connectivity index (χ0) is 12.5. The van der Waals surface area contributed by atoms with Gasteiger partial charge in [-0.1, -0.05) is 0 Å². The highest BCUT2D eigenvalue weighted by Gasteiger charge is 2.22. The third kappa shape index (κ3) is 1.93. The number of likely N-dealkylation sites (tertiary alicyclic amines) is 1. The van der Waals surface area contributed by atoms with E-state index >= 15 is 0 Å². The first-order valence-electron chi connectivity index (χ1n) is 6.40. The van der Waals surface area contributed by atoms with Crippen LogP contribution in [0.1, 0.15) is 28.9 Å². The van der Waals surface area contributed by atoms with Crippen molar-refractivity contribution >= 4 is 11.9 Å². The monoisotopic (exact) mass is 243 g/mol. The third-order valence-electron chi connectivity index (χ3n) is 3.81. The van der Waals surface area contributed by atoms with Gasteiger partial charge in [-0.15, -0.1) is 0 Å². The number of hydrogen-bond acceptors (Lipinski definition) is 3. The van der Waals surface area contributed by atoms with Crippen LogP contribution in [-0.2, 0) is 6.42 Å². The summed E-state index contributed by atoms with van der Waals surface area (Å²) in [7, 11) is 2.17. The van der Waals surface area contributed by atoms with Crippen LogP contribution in [0.15, 0.2) is 24.5 Å². The fraction of sp³-hybridized carbons (Fsp3) is 0.429. The van der Waals surface area contributed by atoms with Gasteiger partial charge in [-0.05, 0) is 38.6 Å². The lowest BCUT2D eigenvalue weighted by Gasteiger charge is -2.17. The van der Waals surface area contributed by atoms with E-state index in [1.54, 1.807) is 6.07 Å². The van der Waals surface area contributed by atoms with Gasteiger partial charge in [0.25, 0.3) is 0 Å². The number of rotatable bonds is 3. The number of fused-ring (bicyclic) bond motifs is 1. The van der Waals surface area contributed by atoms with Crippen molar-refractivity contribution in [2.24, 2.45) is 0 Å². The van der Waals surface area contributed by atoms with Gasteiger partial charge < -0.3 is 9.30 Å².